The second-order valence-electron chi connectivity index (χ2n) is 7.18. The van der Waals surface area contributed by atoms with Gasteiger partial charge < -0.3 is 14.9 Å². The highest BCUT2D eigenvalue weighted by Gasteiger charge is 2.24. The van der Waals surface area contributed by atoms with Gasteiger partial charge in [0.1, 0.15) is 12.4 Å². The summed E-state index contributed by atoms with van der Waals surface area (Å²) in [5.74, 6) is -0.135. The maximum absolute atomic E-state index is 12.3. The SMILES string of the molecule is CC(C(=O)OCCN(CCO)CCO)c1ccc(CC2CCCC2=O)cc1. The molecule has 0 amide bonds. The molecule has 0 bridgehead atoms. The molecule has 0 spiro atoms. The fourth-order valence-corrected chi connectivity index (χ4v) is 3.49. The van der Waals surface area contributed by atoms with E-state index < -0.39 is 0 Å². The molecule has 0 aromatic heterocycles. The second kappa shape index (κ2) is 11.2. The Balaban J connectivity index is 1.80. The van der Waals surface area contributed by atoms with Gasteiger partial charge in [-0.25, -0.2) is 0 Å². The Morgan fingerprint density at radius 2 is 1.85 bits per heavy atom. The normalized spacial score (nSPS) is 18.1. The summed E-state index contributed by atoms with van der Waals surface area (Å²) in [7, 11) is 0. The van der Waals surface area contributed by atoms with Crippen LogP contribution in [0.4, 0.5) is 0 Å². The zero-order valence-electron chi connectivity index (χ0n) is 16.1. The Morgan fingerprint density at radius 3 is 2.41 bits per heavy atom. The molecule has 0 heterocycles. The number of benzene rings is 1. The molecule has 1 fully saturated rings. The molecule has 2 N–H and O–H groups in total. The molecule has 2 atom stereocenters. The predicted molar refractivity (Wildman–Crippen MR) is 102 cm³/mol. The van der Waals surface area contributed by atoms with Crippen LogP contribution in [-0.4, -0.2) is 66.3 Å². The Labute approximate surface area is 161 Å². The average molecular weight is 377 g/mol. The zero-order valence-corrected chi connectivity index (χ0v) is 16.1. The minimum Gasteiger partial charge on any atom is -0.464 e. The highest BCUT2D eigenvalue weighted by Crippen LogP contribution is 2.26. The van der Waals surface area contributed by atoms with E-state index in [-0.39, 0.29) is 37.6 Å². The molecule has 0 saturated heterocycles. The molecule has 1 aromatic carbocycles. The molecule has 2 rings (SSSR count). The van der Waals surface area contributed by atoms with Gasteiger partial charge >= 0.3 is 5.97 Å². The van der Waals surface area contributed by atoms with Crippen LogP contribution in [-0.2, 0) is 20.7 Å². The Hall–Kier alpha value is -1.76. The summed E-state index contributed by atoms with van der Waals surface area (Å²) in [6.45, 7) is 3.42. The van der Waals surface area contributed by atoms with Gasteiger partial charge in [0.05, 0.1) is 19.1 Å². The van der Waals surface area contributed by atoms with Crippen molar-refractivity contribution in [3.05, 3.63) is 35.4 Å². The lowest BCUT2D eigenvalue weighted by molar-refractivity contribution is -0.145. The number of aliphatic hydroxyl groups is 2. The number of hydrogen-bond donors (Lipinski definition) is 2. The van der Waals surface area contributed by atoms with Crippen LogP contribution in [0.25, 0.3) is 0 Å². The predicted octanol–water partition coefficient (Wildman–Crippen LogP) is 1.53. The standard InChI is InChI=1S/C21H31NO5/c1-16(21(26)27-14-11-22(9-12-23)10-13-24)18-7-5-17(6-8-18)15-19-3-2-4-20(19)25/h5-8,16,19,23-24H,2-4,9-15H2,1H3. The third-order valence-corrected chi connectivity index (χ3v) is 5.23. The van der Waals surface area contributed by atoms with E-state index in [1.807, 2.05) is 36.1 Å². The molecular formula is C21H31NO5. The van der Waals surface area contributed by atoms with Crippen molar-refractivity contribution in [2.75, 3.05) is 39.5 Å². The van der Waals surface area contributed by atoms with Crippen molar-refractivity contribution in [3.63, 3.8) is 0 Å². The fraction of sp³-hybridized carbons (Fsp3) is 0.619. The zero-order chi connectivity index (χ0) is 19.6. The minimum absolute atomic E-state index is 0.00313. The summed E-state index contributed by atoms with van der Waals surface area (Å²) >= 11 is 0. The third kappa shape index (κ3) is 6.72. The fourth-order valence-electron chi connectivity index (χ4n) is 3.49. The Morgan fingerprint density at radius 1 is 1.19 bits per heavy atom. The number of nitrogens with zero attached hydrogens (tertiary/aromatic N) is 1. The lowest BCUT2D eigenvalue weighted by Crippen LogP contribution is -2.33. The first-order valence-electron chi connectivity index (χ1n) is 9.77. The highest BCUT2D eigenvalue weighted by molar-refractivity contribution is 5.83. The van der Waals surface area contributed by atoms with Gasteiger partial charge in [0, 0.05) is 32.0 Å². The molecule has 1 aliphatic carbocycles. The van der Waals surface area contributed by atoms with Gasteiger partial charge in [0.2, 0.25) is 0 Å². The molecule has 150 valence electrons. The van der Waals surface area contributed by atoms with Crippen molar-refractivity contribution < 1.29 is 24.5 Å². The van der Waals surface area contributed by atoms with E-state index in [4.69, 9.17) is 14.9 Å². The molecule has 0 aliphatic heterocycles. The van der Waals surface area contributed by atoms with Crippen LogP contribution in [0.3, 0.4) is 0 Å². The van der Waals surface area contributed by atoms with Crippen molar-refractivity contribution >= 4 is 11.8 Å². The van der Waals surface area contributed by atoms with Crippen molar-refractivity contribution in [2.45, 2.75) is 38.5 Å². The van der Waals surface area contributed by atoms with Gasteiger partial charge in [-0.1, -0.05) is 24.3 Å². The number of carbonyl (C=O) groups is 2. The average Bonchev–Trinajstić information content (AvgIpc) is 3.06. The monoisotopic (exact) mass is 377 g/mol. The largest absolute Gasteiger partial charge is 0.464 e. The van der Waals surface area contributed by atoms with E-state index in [1.165, 1.54) is 0 Å². The molecular weight excluding hydrogens is 346 g/mol. The van der Waals surface area contributed by atoms with Crippen LogP contribution in [0.2, 0.25) is 0 Å². The topological polar surface area (TPSA) is 87.1 Å². The van der Waals surface area contributed by atoms with Crippen LogP contribution >= 0.6 is 0 Å². The van der Waals surface area contributed by atoms with Gasteiger partial charge in [0.25, 0.3) is 0 Å². The number of hydrogen-bond acceptors (Lipinski definition) is 6. The maximum Gasteiger partial charge on any atom is 0.313 e. The van der Waals surface area contributed by atoms with Gasteiger partial charge in [-0.3, -0.25) is 14.5 Å². The number of esters is 1. The molecule has 1 saturated carbocycles. The third-order valence-electron chi connectivity index (χ3n) is 5.23. The smallest absolute Gasteiger partial charge is 0.313 e. The number of ether oxygens (including phenoxy) is 1. The quantitative estimate of drug-likeness (QED) is 0.569. The lowest BCUT2D eigenvalue weighted by atomic mass is 9.94. The first kappa shape index (κ1) is 21.5. The first-order valence-corrected chi connectivity index (χ1v) is 9.77. The van der Waals surface area contributed by atoms with Gasteiger partial charge in [0.15, 0.2) is 0 Å². The number of Topliss-reactive ketones (excluding diaryl/α,β-unsaturated/α-hetero) is 1. The van der Waals surface area contributed by atoms with E-state index in [1.54, 1.807) is 0 Å². The van der Waals surface area contributed by atoms with Crippen molar-refractivity contribution in [3.8, 4) is 0 Å². The van der Waals surface area contributed by atoms with Gasteiger partial charge in [-0.2, -0.15) is 0 Å². The molecule has 1 aromatic rings. The molecule has 6 heteroatoms. The van der Waals surface area contributed by atoms with Crippen LogP contribution < -0.4 is 0 Å². The molecule has 1 aliphatic rings. The Kier molecular flexibility index (Phi) is 8.91. The molecule has 2 unspecified atom stereocenters. The number of ketones is 1. The van der Waals surface area contributed by atoms with E-state index in [9.17, 15) is 9.59 Å². The van der Waals surface area contributed by atoms with Crippen molar-refractivity contribution in [1.29, 1.82) is 0 Å². The van der Waals surface area contributed by atoms with E-state index >= 15 is 0 Å². The summed E-state index contributed by atoms with van der Waals surface area (Å²) in [6.07, 6.45) is 3.47. The number of rotatable bonds is 11. The van der Waals surface area contributed by atoms with E-state index in [0.29, 0.717) is 31.8 Å². The summed E-state index contributed by atoms with van der Waals surface area (Å²) in [6, 6.07) is 7.86. The number of aliphatic hydroxyl groups excluding tert-OH is 2. The van der Waals surface area contributed by atoms with Crippen LogP contribution in [0.5, 0.6) is 0 Å². The molecule has 6 nitrogen and oxygen atoms in total. The molecule has 0 radical (unpaired) electrons. The summed E-state index contributed by atoms with van der Waals surface area (Å²) in [5, 5.41) is 18.0. The first-order chi connectivity index (χ1) is 13.0. The van der Waals surface area contributed by atoms with Gasteiger partial charge in [-0.05, 0) is 37.3 Å². The maximum atomic E-state index is 12.3. The summed E-state index contributed by atoms with van der Waals surface area (Å²) in [4.78, 5) is 25.9. The van der Waals surface area contributed by atoms with Crippen LogP contribution in [0, 0.1) is 5.92 Å². The second-order valence-corrected chi connectivity index (χ2v) is 7.18. The van der Waals surface area contributed by atoms with Crippen LogP contribution in [0.15, 0.2) is 24.3 Å². The van der Waals surface area contributed by atoms with E-state index in [0.717, 1.165) is 30.4 Å². The van der Waals surface area contributed by atoms with Crippen LogP contribution in [0.1, 0.15) is 43.2 Å². The van der Waals surface area contributed by atoms with Crippen molar-refractivity contribution in [2.24, 2.45) is 5.92 Å². The molecule has 27 heavy (non-hydrogen) atoms. The van der Waals surface area contributed by atoms with E-state index in [2.05, 4.69) is 0 Å². The van der Waals surface area contributed by atoms with Gasteiger partial charge in [-0.15, -0.1) is 0 Å². The van der Waals surface area contributed by atoms with Crippen molar-refractivity contribution in [1.82, 2.24) is 4.90 Å². The Bertz CT molecular complexity index is 595. The number of carbonyl (C=O) groups excluding carboxylic acids is 2. The minimum atomic E-state index is -0.365. The summed E-state index contributed by atoms with van der Waals surface area (Å²) in [5.41, 5.74) is 2.02. The lowest BCUT2D eigenvalue weighted by Gasteiger charge is -2.20. The highest BCUT2D eigenvalue weighted by atomic mass is 16.5. The summed E-state index contributed by atoms with van der Waals surface area (Å²) < 4.78 is 5.34.